The van der Waals surface area contributed by atoms with Crippen LogP contribution >= 0.6 is 11.3 Å². The van der Waals surface area contributed by atoms with Crippen molar-refractivity contribution in [1.82, 2.24) is 9.80 Å². The Hall–Kier alpha value is -0.950. The summed E-state index contributed by atoms with van der Waals surface area (Å²) in [7, 11) is 0. The molecule has 2 saturated heterocycles. The summed E-state index contributed by atoms with van der Waals surface area (Å²) in [6, 6.07) is 2.10. The van der Waals surface area contributed by atoms with Gasteiger partial charge in [0.1, 0.15) is 6.04 Å². The van der Waals surface area contributed by atoms with E-state index in [4.69, 9.17) is 4.74 Å². The molecule has 2 unspecified atom stereocenters. The number of piperidine rings is 1. The second-order valence-corrected chi connectivity index (χ2v) is 6.56. The first kappa shape index (κ1) is 15.0. The number of carboxylic acid groups (broad SMARTS) is 1. The zero-order valence-electron chi connectivity index (χ0n) is 12.1. The summed E-state index contributed by atoms with van der Waals surface area (Å²) in [5.41, 5.74) is 1.22. The van der Waals surface area contributed by atoms with Crippen LogP contribution in [-0.4, -0.2) is 65.8 Å². The van der Waals surface area contributed by atoms with Crippen LogP contribution in [0.25, 0.3) is 0 Å². The lowest BCUT2D eigenvalue weighted by Crippen LogP contribution is -2.54. The minimum Gasteiger partial charge on any atom is -0.480 e. The van der Waals surface area contributed by atoms with E-state index in [1.54, 1.807) is 11.3 Å². The molecule has 3 rings (SSSR count). The van der Waals surface area contributed by atoms with Crippen LogP contribution < -0.4 is 0 Å². The monoisotopic (exact) mass is 310 g/mol. The number of morpholine rings is 1. The highest BCUT2D eigenvalue weighted by molar-refractivity contribution is 7.07. The summed E-state index contributed by atoms with van der Waals surface area (Å²) in [5.74, 6) is -0.691. The van der Waals surface area contributed by atoms with E-state index in [-0.39, 0.29) is 6.04 Å². The van der Waals surface area contributed by atoms with Crippen LogP contribution in [0.1, 0.15) is 18.4 Å². The average Bonchev–Trinajstić information content (AvgIpc) is 3.01. The maximum Gasteiger partial charge on any atom is 0.320 e. The molecule has 21 heavy (non-hydrogen) atoms. The van der Waals surface area contributed by atoms with Gasteiger partial charge in [-0.15, -0.1) is 0 Å². The van der Waals surface area contributed by atoms with Gasteiger partial charge in [0.25, 0.3) is 0 Å². The van der Waals surface area contributed by atoms with Crippen molar-refractivity contribution in [3.05, 3.63) is 22.4 Å². The van der Waals surface area contributed by atoms with E-state index in [9.17, 15) is 9.90 Å². The number of likely N-dealkylation sites (tertiary alicyclic amines) is 1. The lowest BCUT2D eigenvalue weighted by molar-refractivity contribution is -0.146. The molecule has 0 saturated carbocycles. The summed E-state index contributed by atoms with van der Waals surface area (Å²) in [5, 5.41) is 13.7. The van der Waals surface area contributed by atoms with E-state index < -0.39 is 5.97 Å². The van der Waals surface area contributed by atoms with E-state index in [2.05, 4.69) is 21.2 Å². The van der Waals surface area contributed by atoms with Crippen LogP contribution in [0.4, 0.5) is 0 Å². The number of hydrogen-bond donors (Lipinski definition) is 1. The topological polar surface area (TPSA) is 53.0 Å². The van der Waals surface area contributed by atoms with Gasteiger partial charge in [0.15, 0.2) is 0 Å². The van der Waals surface area contributed by atoms with Crippen LogP contribution in [0.15, 0.2) is 16.8 Å². The summed E-state index contributed by atoms with van der Waals surface area (Å²) in [4.78, 5) is 16.2. The molecule has 0 radical (unpaired) electrons. The van der Waals surface area contributed by atoms with E-state index in [0.717, 1.165) is 52.2 Å². The molecule has 1 aromatic rings. The number of nitrogens with zero attached hydrogens (tertiary/aromatic N) is 2. The number of carbonyl (C=O) groups is 1. The fraction of sp³-hybridized carbons (Fsp3) is 0.667. The Labute approximate surface area is 129 Å². The minimum atomic E-state index is -0.691. The Kier molecular flexibility index (Phi) is 4.90. The number of hydrogen-bond acceptors (Lipinski definition) is 5. The molecule has 5 nitrogen and oxygen atoms in total. The number of rotatable bonds is 4. The zero-order valence-corrected chi connectivity index (χ0v) is 12.9. The van der Waals surface area contributed by atoms with Crippen molar-refractivity contribution in [2.24, 2.45) is 0 Å². The van der Waals surface area contributed by atoms with E-state index in [1.165, 1.54) is 5.56 Å². The fourth-order valence-electron chi connectivity index (χ4n) is 3.33. The number of thiophene rings is 1. The summed E-state index contributed by atoms with van der Waals surface area (Å²) >= 11 is 1.66. The van der Waals surface area contributed by atoms with Crippen molar-refractivity contribution in [3.63, 3.8) is 0 Å². The predicted octanol–water partition coefficient (Wildman–Crippen LogP) is 1.50. The summed E-state index contributed by atoms with van der Waals surface area (Å²) in [6.45, 7) is 5.01. The maximum absolute atomic E-state index is 11.6. The molecule has 6 heteroatoms. The lowest BCUT2D eigenvalue weighted by atomic mass is 9.95. The highest BCUT2D eigenvalue weighted by Gasteiger charge is 2.36. The second kappa shape index (κ2) is 6.87. The molecule has 116 valence electrons. The standard InChI is InChI=1S/C15H22N2O3S/c18-15(19)14-9-13(16-4-6-20-7-5-16)1-3-17(14)10-12-2-8-21-11-12/h2,8,11,13-14H,1,3-7,9-10H2,(H,18,19). The smallest absolute Gasteiger partial charge is 0.320 e. The van der Waals surface area contributed by atoms with Crippen LogP contribution in [0.2, 0.25) is 0 Å². The molecule has 0 bridgehead atoms. The van der Waals surface area contributed by atoms with Crippen LogP contribution in [0.3, 0.4) is 0 Å². The van der Waals surface area contributed by atoms with Gasteiger partial charge in [-0.05, 0) is 35.2 Å². The van der Waals surface area contributed by atoms with E-state index >= 15 is 0 Å². The highest BCUT2D eigenvalue weighted by atomic mass is 32.1. The van der Waals surface area contributed by atoms with Gasteiger partial charge in [0.05, 0.1) is 13.2 Å². The largest absolute Gasteiger partial charge is 0.480 e. The molecule has 2 aliphatic rings. The minimum absolute atomic E-state index is 0.369. The molecule has 2 atom stereocenters. The number of aliphatic carboxylic acids is 1. The molecule has 0 amide bonds. The van der Waals surface area contributed by atoms with Crippen molar-refractivity contribution in [2.45, 2.75) is 31.5 Å². The molecule has 0 aromatic carbocycles. The molecule has 1 aromatic heterocycles. The Morgan fingerprint density at radius 3 is 2.86 bits per heavy atom. The first-order valence-corrected chi connectivity index (χ1v) is 8.48. The average molecular weight is 310 g/mol. The Morgan fingerprint density at radius 1 is 1.38 bits per heavy atom. The van der Waals surface area contributed by atoms with Gasteiger partial charge in [0, 0.05) is 32.2 Å². The molecular weight excluding hydrogens is 288 g/mol. The number of ether oxygens (including phenoxy) is 1. The third-order valence-electron chi connectivity index (χ3n) is 4.50. The van der Waals surface area contributed by atoms with Gasteiger partial charge in [-0.1, -0.05) is 0 Å². The van der Waals surface area contributed by atoms with Crippen molar-refractivity contribution in [2.75, 3.05) is 32.8 Å². The van der Waals surface area contributed by atoms with Crippen LogP contribution in [0, 0.1) is 0 Å². The van der Waals surface area contributed by atoms with Gasteiger partial charge in [-0.2, -0.15) is 11.3 Å². The van der Waals surface area contributed by atoms with Gasteiger partial charge in [-0.25, -0.2) is 0 Å². The van der Waals surface area contributed by atoms with E-state index in [1.807, 2.05) is 5.38 Å². The van der Waals surface area contributed by atoms with Gasteiger partial charge in [-0.3, -0.25) is 14.6 Å². The highest BCUT2D eigenvalue weighted by Crippen LogP contribution is 2.25. The molecule has 2 fully saturated rings. The van der Waals surface area contributed by atoms with Crippen molar-refractivity contribution < 1.29 is 14.6 Å². The zero-order chi connectivity index (χ0) is 14.7. The van der Waals surface area contributed by atoms with Gasteiger partial charge < -0.3 is 9.84 Å². The van der Waals surface area contributed by atoms with Gasteiger partial charge >= 0.3 is 5.97 Å². The summed E-state index contributed by atoms with van der Waals surface area (Å²) < 4.78 is 5.39. The van der Waals surface area contributed by atoms with Crippen molar-refractivity contribution in [1.29, 1.82) is 0 Å². The quantitative estimate of drug-likeness (QED) is 0.913. The first-order chi connectivity index (χ1) is 10.2. The molecule has 3 heterocycles. The third-order valence-corrected chi connectivity index (χ3v) is 5.23. The van der Waals surface area contributed by atoms with Crippen molar-refractivity contribution in [3.8, 4) is 0 Å². The predicted molar refractivity (Wildman–Crippen MR) is 81.6 cm³/mol. The van der Waals surface area contributed by atoms with Crippen LogP contribution in [-0.2, 0) is 16.1 Å². The van der Waals surface area contributed by atoms with Gasteiger partial charge in [0.2, 0.25) is 0 Å². The fourth-order valence-corrected chi connectivity index (χ4v) is 3.99. The maximum atomic E-state index is 11.6. The Bertz CT molecular complexity index is 459. The number of carboxylic acids is 1. The molecule has 2 aliphatic heterocycles. The molecule has 1 N–H and O–H groups in total. The van der Waals surface area contributed by atoms with E-state index in [0.29, 0.717) is 6.04 Å². The Balaban J connectivity index is 1.63. The van der Waals surface area contributed by atoms with Crippen molar-refractivity contribution >= 4 is 17.3 Å². The molecule has 0 aliphatic carbocycles. The summed E-state index contributed by atoms with van der Waals surface area (Å²) in [6.07, 6.45) is 1.77. The third kappa shape index (κ3) is 3.63. The normalized spacial score (nSPS) is 28.6. The SMILES string of the molecule is O=C(O)C1CC(N2CCOCC2)CCN1Cc1ccsc1. The Morgan fingerprint density at radius 2 is 2.19 bits per heavy atom. The lowest BCUT2D eigenvalue weighted by Gasteiger charge is -2.43. The van der Waals surface area contributed by atoms with Crippen LogP contribution in [0.5, 0.6) is 0 Å². The molecular formula is C15H22N2O3S. The second-order valence-electron chi connectivity index (χ2n) is 5.78. The molecule has 0 spiro atoms. The first-order valence-electron chi connectivity index (χ1n) is 7.54.